The van der Waals surface area contributed by atoms with Gasteiger partial charge in [-0.15, -0.1) is 0 Å². The van der Waals surface area contributed by atoms with E-state index in [0.717, 1.165) is 0 Å². The van der Waals surface area contributed by atoms with Crippen molar-refractivity contribution in [3.63, 3.8) is 0 Å². The molecule has 0 unspecified atom stereocenters. The Morgan fingerprint density at radius 2 is 2.00 bits per heavy atom. The molecule has 1 rings (SSSR count). The first kappa shape index (κ1) is 13.8. The van der Waals surface area contributed by atoms with E-state index >= 15 is 0 Å². The molecular weight excluding hydrogens is 210 g/mol. The summed E-state index contributed by atoms with van der Waals surface area (Å²) in [6.45, 7) is 2.85. The van der Waals surface area contributed by atoms with Crippen LogP contribution in [0.5, 0.6) is 0 Å². The van der Waals surface area contributed by atoms with E-state index in [1.807, 2.05) is 0 Å². The van der Waals surface area contributed by atoms with Gasteiger partial charge in [-0.05, 0) is 26.0 Å². The highest BCUT2D eigenvalue weighted by Gasteiger charge is 1.88. The van der Waals surface area contributed by atoms with Gasteiger partial charge in [0, 0.05) is 12.3 Å². The Balaban J connectivity index is 0.000000293. The number of aliphatic hydroxyl groups excluding tert-OH is 1. The second-order valence-corrected chi connectivity index (χ2v) is 2.90. The summed E-state index contributed by atoms with van der Waals surface area (Å²) in [5.74, 6) is -1.30. The maximum atomic E-state index is 10.0. The zero-order valence-electron chi connectivity index (χ0n) is 9.01. The summed E-state index contributed by atoms with van der Waals surface area (Å²) < 4.78 is 0. The van der Waals surface area contributed by atoms with Gasteiger partial charge in [-0.2, -0.15) is 0 Å². The number of carboxylic acids is 1. The largest absolute Gasteiger partial charge is 0.543 e. The summed E-state index contributed by atoms with van der Waals surface area (Å²) in [7, 11) is 0. The number of aromatic carboxylic acids is 1. The molecule has 1 N–H and O–H groups in total. The van der Waals surface area contributed by atoms with E-state index in [1.54, 1.807) is 12.1 Å². The molecule has 5 heteroatoms. The molecule has 86 valence electrons. The first-order valence-electron chi connectivity index (χ1n) is 4.43. The first-order valence-corrected chi connectivity index (χ1v) is 4.43. The molecule has 0 saturated carbocycles. The quantitative estimate of drug-likeness (QED) is 0.580. The van der Waals surface area contributed by atoms with Crippen LogP contribution in [-0.2, 0) is 4.79 Å². The van der Waals surface area contributed by atoms with Gasteiger partial charge >= 0.3 is 0 Å². The Hall–Kier alpha value is -2.17. The lowest BCUT2D eigenvalue weighted by Gasteiger charge is -1.96. The summed E-state index contributed by atoms with van der Waals surface area (Å²) in [5, 5.41) is 18.4. The third-order valence-electron chi connectivity index (χ3n) is 1.29. The standard InChI is InChI=1S/C6H5NO2.C5H8O2/c8-6(9)5-3-1-2-4-7-5;1-4(6)3-5(2)7/h1-4H,(H,8,9);3,6H,1-2H3/p-1. The Bertz CT molecular complexity index is 380. The van der Waals surface area contributed by atoms with E-state index in [1.165, 1.54) is 32.2 Å². The van der Waals surface area contributed by atoms with E-state index in [9.17, 15) is 14.7 Å². The number of carbonyl (C=O) groups excluding carboxylic acids is 2. The van der Waals surface area contributed by atoms with Crippen molar-refractivity contribution in [3.05, 3.63) is 41.9 Å². The lowest BCUT2D eigenvalue weighted by atomic mass is 10.4. The van der Waals surface area contributed by atoms with Gasteiger partial charge < -0.3 is 15.0 Å². The molecule has 0 atom stereocenters. The van der Waals surface area contributed by atoms with Crippen LogP contribution in [0.2, 0.25) is 0 Å². The summed E-state index contributed by atoms with van der Waals surface area (Å²) >= 11 is 0. The van der Waals surface area contributed by atoms with Gasteiger partial charge in [0.2, 0.25) is 0 Å². The molecule has 0 aliphatic heterocycles. The number of hydrogen-bond acceptors (Lipinski definition) is 5. The van der Waals surface area contributed by atoms with E-state index in [4.69, 9.17) is 5.11 Å². The van der Waals surface area contributed by atoms with Crippen LogP contribution < -0.4 is 5.11 Å². The van der Waals surface area contributed by atoms with Gasteiger partial charge in [-0.25, -0.2) is 0 Å². The highest BCUT2D eigenvalue weighted by Crippen LogP contribution is 1.88. The number of nitrogens with zero attached hydrogens (tertiary/aromatic N) is 1. The first-order chi connectivity index (χ1) is 7.43. The normalized spacial score (nSPS) is 10.0. The molecule has 5 nitrogen and oxygen atoms in total. The number of aliphatic hydroxyl groups is 1. The van der Waals surface area contributed by atoms with Gasteiger partial charge in [0.15, 0.2) is 5.78 Å². The van der Waals surface area contributed by atoms with Gasteiger partial charge in [0.25, 0.3) is 0 Å². The molecule has 0 aliphatic carbocycles. The zero-order valence-corrected chi connectivity index (χ0v) is 9.01. The highest BCUT2D eigenvalue weighted by molar-refractivity contribution is 5.87. The predicted octanol–water partition coefficient (Wildman–Crippen LogP) is 0.482. The Morgan fingerprint density at radius 1 is 1.38 bits per heavy atom. The Labute approximate surface area is 93.1 Å². The third-order valence-corrected chi connectivity index (χ3v) is 1.29. The van der Waals surface area contributed by atoms with Crippen LogP contribution in [0.4, 0.5) is 0 Å². The van der Waals surface area contributed by atoms with Crippen molar-refractivity contribution in [2.24, 2.45) is 0 Å². The molecular formula is C11H12NO4-. The molecule has 1 heterocycles. The molecule has 1 aromatic heterocycles. The number of allylic oxidation sites excluding steroid dienone is 2. The number of aromatic nitrogens is 1. The smallest absolute Gasteiger partial charge is 0.155 e. The maximum Gasteiger partial charge on any atom is 0.155 e. The lowest BCUT2D eigenvalue weighted by molar-refractivity contribution is -0.255. The topological polar surface area (TPSA) is 90.3 Å². The minimum atomic E-state index is -1.24. The molecule has 0 radical (unpaired) electrons. The van der Waals surface area contributed by atoms with Crippen LogP contribution in [0.25, 0.3) is 0 Å². The second-order valence-electron chi connectivity index (χ2n) is 2.90. The molecule has 1 aromatic rings. The fraction of sp³-hybridized carbons (Fsp3) is 0.182. The zero-order chi connectivity index (χ0) is 12.6. The van der Waals surface area contributed by atoms with Crippen LogP contribution in [0.3, 0.4) is 0 Å². The molecule has 0 fully saturated rings. The number of carboxylic acid groups (broad SMARTS) is 1. The maximum absolute atomic E-state index is 10.0. The van der Waals surface area contributed by atoms with Crippen LogP contribution in [0, 0.1) is 0 Å². The van der Waals surface area contributed by atoms with Crippen molar-refractivity contribution in [2.75, 3.05) is 0 Å². The van der Waals surface area contributed by atoms with Gasteiger partial charge in [0.05, 0.1) is 17.4 Å². The van der Waals surface area contributed by atoms with Crippen molar-refractivity contribution in [1.82, 2.24) is 4.98 Å². The molecule has 0 amide bonds. The lowest BCUT2D eigenvalue weighted by Crippen LogP contribution is -2.23. The Kier molecular flexibility index (Phi) is 6.19. The van der Waals surface area contributed by atoms with Crippen molar-refractivity contribution in [3.8, 4) is 0 Å². The summed E-state index contributed by atoms with van der Waals surface area (Å²) in [6, 6.07) is 4.62. The predicted molar refractivity (Wildman–Crippen MR) is 55.6 cm³/mol. The van der Waals surface area contributed by atoms with Crippen LogP contribution in [-0.4, -0.2) is 21.8 Å². The van der Waals surface area contributed by atoms with E-state index in [2.05, 4.69) is 4.98 Å². The molecule has 0 aliphatic rings. The summed E-state index contributed by atoms with van der Waals surface area (Å²) in [5.41, 5.74) is -0.0301. The molecule has 16 heavy (non-hydrogen) atoms. The van der Waals surface area contributed by atoms with Crippen molar-refractivity contribution in [2.45, 2.75) is 13.8 Å². The molecule has 0 bridgehead atoms. The van der Waals surface area contributed by atoms with Crippen LogP contribution >= 0.6 is 0 Å². The number of carbonyl (C=O) groups is 2. The van der Waals surface area contributed by atoms with E-state index in [0.29, 0.717) is 0 Å². The van der Waals surface area contributed by atoms with Gasteiger partial charge in [-0.3, -0.25) is 9.78 Å². The summed E-state index contributed by atoms with van der Waals surface area (Å²) in [4.78, 5) is 23.6. The number of ketones is 1. The monoisotopic (exact) mass is 222 g/mol. The van der Waals surface area contributed by atoms with E-state index < -0.39 is 5.97 Å². The molecule has 0 aromatic carbocycles. The third kappa shape index (κ3) is 7.25. The second kappa shape index (κ2) is 7.17. The minimum absolute atomic E-state index is 0.0301. The number of pyridine rings is 1. The van der Waals surface area contributed by atoms with Crippen LogP contribution in [0.15, 0.2) is 36.2 Å². The van der Waals surface area contributed by atoms with Crippen LogP contribution in [0.1, 0.15) is 24.3 Å². The average molecular weight is 222 g/mol. The van der Waals surface area contributed by atoms with E-state index in [-0.39, 0.29) is 17.2 Å². The van der Waals surface area contributed by atoms with Crippen molar-refractivity contribution in [1.29, 1.82) is 0 Å². The van der Waals surface area contributed by atoms with Crippen molar-refractivity contribution < 1.29 is 19.8 Å². The fourth-order valence-corrected chi connectivity index (χ4v) is 0.778. The molecule has 0 spiro atoms. The minimum Gasteiger partial charge on any atom is -0.543 e. The van der Waals surface area contributed by atoms with Gasteiger partial charge in [0.1, 0.15) is 0 Å². The molecule has 0 saturated heterocycles. The summed E-state index contributed by atoms with van der Waals surface area (Å²) in [6.07, 6.45) is 2.57. The highest BCUT2D eigenvalue weighted by atomic mass is 16.4. The van der Waals surface area contributed by atoms with Gasteiger partial charge in [-0.1, -0.05) is 6.07 Å². The number of hydrogen-bond donors (Lipinski definition) is 1. The average Bonchev–Trinajstić information content (AvgIpc) is 2.17. The fourth-order valence-electron chi connectivity index (χ4n) is 0.778. The number of rotatable bonds is 2. The van der Waals surface area contributed by atoms with Crippen molar-refractivity contribution >= 4 is 11.8 Å². The Morgan fingerprint density at radius 3 is 2.19 bits per heavy atom. The SMILES string of the molecule is CC(=O)C=C(C)O.O=C([O-])c1ccccn1.